The van der Waals surface area contributed by atoms with Gasteiger partial charge in [0.1, 0.15) is 0 Å². The van der Waals surface area contributed by atoms with Gasteiger partial charge in [0.05, 0.1) is 25.1 Å². The van der Waals surface area contributed by atoms with Gasteiger partial charge in [0.2, 0.25) is 5.88 Å². The van der Waals surface area contributed by atoms with Crippen molar-refractivity contribution in [1.29, 1.82) is 0 Å². The Morgan fingerprint density at radius 2 is 2.27 bits per heavy atom. The van der Waals surface area contributed by atoms with Gasteiger partial charge in [-0.25, -0.2) is 0 Å². The monoisotopic (exact) mass is 211 g/mol. The maximum atomic E-state index is 9.24. The molecule has 84 valence electrons. The number of hydrogen-bond acceptors (Lipinski definition) is 5. The van der Waals surface area contributed by atoms with Crippen molar-refractivity contribution < 1.29 is 9.84 Å². The minimum atomic E-state index is -0.396. The number of likely N-dealkylation sites (N-methyl/N-ethyl adjacent to an activating group) is 1. The summed E-state index contributed by atoms with van der Waals surface area (Å²) >= 11 is 0. The molecule has 0 aliphatic carbocycles. The molecule has 15 heavy (non-hydrogen) atoms. The molecule has 1 N–H and O–H groups in total. The van der Waals surface area contributed by atoms with Gasteiger partial charge in [-0.2, -0.15) is 4.98 Å². The second-order valence-electron chi connectivity index (χ2n) is 3.38. The van der Waals surface area contributed by atoms with Crippen LogP contribution in [-0.2, 0) is 0 Å². The summed E-state index contributed by atoms with van der Waals surface area (Å²) in [6.45, 7) is 4.71. The van der Waals surface area contributed by atoms with Crippen LogP contribution in [0.3, 0.4) is 0 Å². The van der Waals surface area contributed by atoms with E-state index in [9.17, 15) is 5.11 Å². The van der Waals surface area contributed by atoms with Crippen molar-refractivity contribution in [2.24, 2.45) is 0 Å². The number of anilines is 1. The molecular weight excluding hydrogens is 194 g/mol. The van der Waals surface area contributed by atoms with Crippen molar-refractivity contribution in [1.82, 2.24) is 9.97 Å². The predicted octanol–water partition coefficient (Wildman–Crippen LogP) is 0.692. The summed E-state index contributed by atoms with van der Waals surface area (Å²) < 4.78 is 5.24. The minimum absolute atomic E-state index is 0.396. The fraction of sp³-hybridized carbons (Fsp3) is 0.600. The Morgan fingerprint density at radius 1 is 1.53 bits per heavy atom. The van der Waals surface area contributed by atoms with E-state index >= 15 is 0 Å². The molecular formula is C10H17N3O2. The van der Waals surface area contributed by atoms with E-state index in [0.29, 0.717) is 24.8 Å². The smallest absolute Gasteiger partial charge is 0.234 e. The predicted molar refractivity (Wildman–Crippen MR) is 58.2 cm³/mol. The lowest BCUT2D eigenvalue weighted by atomic mass is 10.4. The van der Waals surface area contributed by atoms with Gasteiger partial charge in [-0.05, 0) is 13.8 Å². The Balaban J connectivity index is 2.71. The Morgan fingerprint density at radius 3 is 2.87 bits per heavy atom. The summed E-state index contributed by atoms with van der Waals surface area (Å²) in [5, 5.41) is 9.24. The fourth-order valence-electron chi connectivity index (χ4n) is 1.23. The van der Waals surface area contributed by atoms with E-state index in [2.05, 4.69) is 9.97 Å². The lowest BCUT2D eigenvalue weighted by molar-refractivity contribution is 0.201. The number of hydrogen-bond donors (Lipinski definition) is 1. The Hall–Kier alpha value is -1.36. The van der Waals surface area contributed by atoms with Crippen LogP contribution in [-0.4, -0.2) is 41.4 Å². The first-order chi connectivity index (χ1) is 7.13. The summed E-state index contributed by atoms with van der Waals surface area (Å²) in [7, 11) is 1.85. The van der Waals surface area contributed by atoms with Crippen LogP contribution >= 0.6 is 0 Å². The average Bonchev–Trinajstić information content (AvgIpc) is 2.17. The number of ether oxygens (including phenoxy) is 1. The SMILES string of the molecule is CCOc1cncc(N(C)C[C@H](C)O)n1. The van der Waals surface area contributed by atoms with Crippen LogP contribution in [0, 0.1) is 0 Å². The third-order valence-electron chi connectivity index (χ3n) is 1.82. The van der Waals surface area contributed by atoms with Crippen molar-refractivity contribution in [3.63, 3.8) is 0 Å². The first-order valence-corrected chi connectivity index (χ1v) is 4.97. The summed E-state index contributed by atoms with van der Waals surface area (Å²) in [5.41, 5.74) is 0. The van der Waals surface area contributed by atoms with Crippen molar-refractivity contribution in [2.75, 3.05) is 25.1 Å². The third kappa shape index (κ3) is 3.71. The highest BCUT2D eigenvalue weighted by Gasteiger charge is 2.07. The zero-order valence-electron chi connectivity index (χ0n) is 9.34. The Kier molecular flexibility index (Phi) is 4.30. The number of rotatable bonds is 5. The molecule has 0 saturated carbocycles. The molecule has 0 aliphatic heterocycles. The molecule has 5 nitrogen and oxygen atoms in total. The van der Waals surface area contributed by atoms with E-state index in [1.54, 1.807) is 19.3 Å². The lowest BCUT2D eigenvalue weighted by Crippen LogP contribution is -2.27. The van der Waals surface area contributed by atoms with Crippen molar-refractivity contribution in [3.05, 3.63) is 12.4 Å². The molecule has 0 radical (unpaired) electrons. The maximum absolute atomic E-state index is 9.24. The largest absolute Gasteiger partial charge is 0.477 e. The van der Waals surface area contributed by atoms with Crippen LogP contribution in [0.15, 0.2) is 12.4 Å². The quantitative estimate of drug-likeness (QED) is 0.776. The summed E-state index contributed by atoms with van der Waals surface area (Å²) in [6.07, 6.45) is 2.82. The lowest BCUT2D eigenvalue weighted by Gasteiger charge is -2.19. The van der Waals surface area contributed by atoms with Crippen LogP contribution in [0.25, 0.3) is 0 Å². The van der Waals surface area contributed by atoms with Gasteiger partial charge in [-0.15, -0.1) is 0 Å². The van der Waals surface area contributed by atoms with Gasteiger partial charge in [-0.1, -0.05) is 0 Å². The second kappa shape index (κ2) is 5.50. The molecule has 1 heterocycles. The van der Waals surface area contributed by atoms with Crippen molar-refractivity contribution in [2.45, 2.75) is 20.0 Å². The molecule has 1 aromatic heterocycles. The van der Waals surface area contributed by atoms with Gasteiger partial charge < -0.3 is 14.7 Å². The molecule has 0 spiro atoms. The van der Waals surface area contributed by atoms with Crippen LogP contribution < -0.4 is 9.64 Å². The number of aliphatic hydroxyl groups excluding tert-OH is 1. The van der Waals surface area contributed by atoms with Crippen LogP contribution in [0.2, 0.25) is 0 Å². The second-order valence-corrected chi connectivity index (χ2v) is 3.38. The Bertz CT molecular complexity index is 304. The topological polar surface area (TPSA) is 58.5 Å². The van der Waals surface area contributed by atoms with Crippen LogP contribution in [0.5, 0.6) is 5.88 Å². The Labute approximate surface area is 89.7 Å². The van der Waals surface area contributed by atoms with E-state index in [1.165, 1.54) is 0 Å². The zero-order chi connectivity index (χ0) is 11.3. The van der Waals surface area contributed by atoms with Gasteiger partial charge in [-0.3, -0.25) is 4.98 Å². The van der Waals surface area contributed by atoms with Gasteiger partial charge >= 0.3 is 0 Å². The highest BCUT2D eigenvalue weighted by Crippen LogP contribution is 2.12. The van der Waals surface area contributed by atoms with Gasteiger partial charge in [0.25, 0.3) is 0 Å². The molecule has 0 amide bonds. The van der Waals surface area contributed by atoms with Crippen LogP contribution in [0.1, 0.15) is 13.8 Å². The molecule has 0 saturated heterocycles. The molecule has 0 unspecified atom stereocenters. The van der Waals surface area contributed by atoms with Crippen molar-refractivity contribution in [3.8, 4) is 5.88 Å². The first kappa shape index (κ1) is 11.7. The fourth-order valence-corrected chi connectivity index (χ4v) is 1.23. The summed E-state index contributed by atoms with van der Waals surface area (Å²) in [4.78, 5) is 10.1. The van der Waals surface area contributed by atoms with E-state index in [0.717, 1.165) is 0 Å². The standard InChI is InChI=1S/C10H17N3O2/c1-4-15-10-6-11-5-9(12-10)13(3)7-8(2)14/h5-6,8,14H,4,7H2,1-3H3/t8-/m0/s1. The highest BCUT2D eigenvalue weighted by atomic mass is 16.5. The molecule has 1 aromatic rings. The molecule has 5 heteroatoms. The number of aliphatic hydroxyl groups is 1. The van der Waals surface area contributed by atoms with E-state index in [1.807, 2.05) is 18.9 Å². The molecule has 1 rings (SSSR count). The maximum Gasteiger partial charge on any atom is 0.234 e. The van der Waals surface area contributed by atoms with Gasteiger partial charge in [0.15, 0.2) is 5.82 Å². The van der Waals surface area contributed by atoms with Gasteiger partial charge in [0, 0.05) is 13.6 Å². The molecule has 0 aromatic carbocycles. The third-order valence-corrected chi connectivity index (χ3v) is 1.82. The zero-order valence-corrected chi connectivity index (χ0v) is 9.34. The van der Waals surface area contributed by atoms with Crippen molar-refractivity contribution >= 4 is 5.82 Å². The molecule has 0 aliphatic rings. The normalized spacial score (nSPS) is 12.3. The number of nitrogens with zero attached hydrogens (tertiary/aromatic N) is 3. The van der Waals surface area contributed by atoms with E-state index in [-0.39, 0.29) is 0 Å². The number of aromatic nitrogens is 2. The average molecular weight is 211 g/mol. The van der Waals surface area contributed by atoms with E-state index in [4.69, 9.17) is 4.74 Å². The highest BCUT2D eigenvalue weighted by molar-refractivity contribution is 5.36. The summed E-state index contributed by atoms with van der Waals surface area (Å²) in [5.74, 6) is 1.20. The summed E-state index contributed by atoms with van der Waals surface area (Å²) in [6, 6.07) is 0. The van der Waals surface area contributed by atoms with E-state index < -0.39 is 6.10 Å². The molecule has 0 fully saturated rings. The van der Waals surface area contributed by atoms with Crippen LogP contribution in [0.4, 0.5) is 5.82 Å². The molecule has 0 bridgehead atoms. The molecule has 1 atom stereocenters. The minimum Gasteiger partial charge on any atom is -0.477 e. The first-order valence-electron chi connectivity index (χ1n) is 4.97.